The summed E-state index contributed by atoms with van der Waals surface area (Å²) in [5, 5.41) is 4.46. The number of likely N-dealkylation sites (N-methyl/N-ethyl adjacent to an activating group) is 1. The summed E-state index contributed by atoms with van der Waals surface area (Å²) in [5.74, 6) is 0.128. The molecule has 0 spiro atoms. The topological polar surface area (TPSA) is 57.5 Å². The number of hydrogen-bond donors (Lipinski definition) is 0. The third-order valence-corrected chi connectivity index (χ3v) is 6.13. The highest BCUT2D eigenvalue weighted by atomic mass is 16.2. The zero-order valence-corrected chi connectivity index (χ0v) is 18.1. The fraction of sp³-hybridized carbons (Fsp3) is 0.591. The molecule has 2 saturated heterocycles. The lowest BCUT2D eigenvalue weighted by Crippen LogP contribution is -2.44. The Balaban J connectivity index is 1.53. The Labute approximate surface area is 173 Å². The summed E-state index contributed by atoms with van der Waals surface area (Å²) >= 11 is 0. The summed E-state index contributed by atoms with van der Waals surface area (Å²) in [6, 6.07) is 6.45. The third-order valence-electron chi connectivity index (χ3n) is 6.13. The molecular formula is C22H32N6O. The van der Waals surface area contributed by atoms with Crippen LogP contribution in [0.2, 0.25) is 0 Å². The first kappa shape index (κ1) is 19.9. The van der Waals surface area contributed by atoms with Crippen molar-refractivity contribution in [3.05, 3.63) is 41.0 Å². The fourth-order valence-corrected chi connectivity index (χ4v) is 4.52. The van der Waals surface area contributed by atoms with E-state index in [1.807, 2.05) is 29.5 Å². The summed E-state index contributed by atoms with van der Waals surface area (Å²) in [7, 11) is 2.17. The summed E-state index contributed by atoms with van der Waals surface area (Å²) < 4.78 is 1.81. The SMILES string of the molecule is Cc1cc(N2CCN(C)CC2)cc(C2CCCN2C(=O)Cn2nc(C)cc2C)n1. The van der Waals surface area contributed by atoms with Crippen molar-refractivity contribution in [3.63, 3.8) is 0 Å². The van der Waals surface area contributed by atoms with E-state index in [1.165, 1.54) is 5.69 Å². The number of rotatable bonds is 4. The number of amides is 1. The molecule has 29 heavy (non-hydrogen) atoms. The first-order chi connectivity index (χ1) is 13.9. The fourth-order valence-electron chi connectivity index (χ4n) is 4.52. The Morgan fingerprint density at radius 2 is 1.79 bits per heavy atom. The maximum Gasteiger partial charge on any atom is 0.244 e. The number of carbonyl (C=O) groups is 1. The van der Waals surface area contributed by atoms with Crippen molar-refractivity contribution in [2.75, 3.05) is 44.7 Å². The van der Waals surface area contributed by atoms with Gasteiger partial charge in [0.05, 0.1) is 17.4 Å². The van der Waals surface area contributed by atoms with E-state index >= 15 is 0 Å². The first-order valence-corrected chi connectivity index (χ1v) is 10.6. The molecule has 7 heteroatoms. The molecule has 2 aromatic rings. The van der Waals surface area contributed by atoms with Crippen molar-refractivity contribution in [3.8, 4) is 0 Å². The van der Waals surface area contributed by atoms with Gasteiger partial charge in [0, 0.05) is 49.8 Å². The second-order valence-electron chi connectivity index (χ2n) is 8.51. The number of pyridine rings is 1. The van der Waals surface area contributed by atoms with Crippen LogP contribution in [0.25, 0.3) is 0 Å². The number of piperazine rings is 1. The summed E-state index contributed by atoms with van der Waals surface area (Å²) in [4.78, 5) is 24.7. The van der Waals surface area contributed by atoms with Gasteiger partial charge >= 0.3 is 0 Å². The molecule has 1 amide bonds. The normalized spacial score (nSPS) is 20.5. The molecule has 0 aromatic carbocycles. The van der Waals surface area contributed by atoms with Crippen LogP contribution in [0, 0.1) is 20.8 Å². The van der Waals surface area contributed by atoms with Crippen LogP contribution in [0.4, 0.5) is 5.69 Å². The van der Waals surface area contributed by atoms with E-state index in [2.05, 4.69) is 41.0 Å². The van der Waals surface area contributed by atoms with E-state index in [0.29, 0.717) is 6.54 Å². The van der Waals surface area contributed by atoms with Gasteiger partial charge in [-0.2, -0.15) is 5.10 Å². The molecule has 0 N–H and O–H groups in total. The molecule has 0 bridgehead atoms. The van der Waals surface area contributed by atoms with Crippen LogP contribution in [0.5, 0.6) is 0 Å². The Morgan fingerprint density at radius 3 is 2.48 bits per heavy atom. The van der Waals surface area contributed by atoms with Crippen LogP contribution in [0.1, 0.15) is 41.7 Å². The Kier molecular flexibility index (Phi) is 5.58. The molecule has 2 aliphatic heterocycles. The summed E-state index contributed by atoms with van der Waals surface area (Å²) in [5.41, 5.74) is 5.26. The molecule has 4 heterocycles. The molecular weight excluding hydrogens is 364 g/mol. The standard InChI is InChI=1S/C22H32N6O/c1-16-13-19(26-10-8-25(4)9-11-26)14-20(23-16)21-6-5-7-27(21)22(29)15-28-18(3)12-17(2)24-28/h12-14,21H,5-11,15H2,1-4H3. The maximum absolute atomic E-state index is 13.1. The molecule has 0 aliphatic carbocycles. The van der Waals surface area contributed by atoms with Gasteiger partial charge in [-0.3, -0.25) is 14.5 Å². The van der Waals surface area contributed by atoms with Gasteiger partial charge in [0.1, 0.15) is 6.54 Å². The number of nitrogens with zero attached hydrogens (tertiary/aromatic N) is 6. The molecule has 2 aliphatic rings. The molecule has 156 valence electrons. The van der Waals surface area contributed by atoms with Gasteiger partial charge in [0.2, 0.25) is 5.91 Å². The van der Waals surface area contributed by atoms with Gasteiger partial charge in [0.25, 0.3) is 0 Å². The van der Waals surface area contributed by atoms with E-state index in [0.717, 1.165) is 68.3 Å². The van der Waals surface area contributed by atoms with Crippen molar-refractivity contribution >= 4 is 11.6 Å². The second kappa shape index (κ2) is 8.14. The van der Waals surface area contributed by atoms with Crippen LogP contribution in [-0.4, -0.2) is 70.2 Å². The number of hydrogen-bond acceptors (Lipinski definition) is 5. The van der Waals surface area contributed by atoms with Crippen LogP contribution in [0.15, 0.2) is 18.2 Å². The average molecular weight is 397 g/mol. The van der Waals surface area contributed by atoms with Crippen LogP contribution in [0.3, 0.4) is 0 Å². The smallest absolute Gasteiger partial charge is 0.244 e. The van der Waals surface area contributed by atoms with Gasteiger partial charge < -0.3 is 14.7 Å². The van der Waals surface area contributed by atoms with Gasteiger partial charge in [-0.05, 0) is 58.9 Å². The lowest BCUT2D eigenvalue weighted by molar-refractivity contribution is -0.133. The highest BCUT2D eigenvalue weighted by Gasteiger charge is 2.32. The van der Waals surface area contributed by atoms with Gasteiger partial charge in [0.15, 0.2) is 0 Å². The largest absolute Gasteiger partial charge is 0.369 e. The van der Waals surface area contributed by atoms with Crippen molar-refractivity contribution in [2.45, 2.75) is 46.2 Å². The monoisotopic (exact) mass is 396 g/mol. The van der Waals surface area contributed by atoms with Gasteiger partial charge in [-0.15, -0.1) is 0 Å². The minimum absolute atomic E-state index is 0.0607. The predicted molar refractivity (Wildman–Crippen MR) is 114 cm³/mol. The predicted octanol–water partition coefficient (Wildman–Crippen LogP) is 2.32. The van der Waals surface area contributed by atoms with E-state index in [9.17, 15) is 4.79 Å². The molecule has 4 rings (SSSR count). The van der Waals surface area contributed by atoms with Crippen LogP contribution < -0.4 is 4.90 Å². The number of carbonyl (C=O) groups excluding carboxylic acids is 1. The van der Waals surface area contributed by atoms with Gasteiger partial charge in [-0.1, -0.05) is 0 Å². The zero-order chi connectivity index (χ0) is 20.5. The van der Waals surface area contributed by atoms with Crippen LogP contribution >= 0.6 is 0 Å². The number of anilines is 1. The molecule has 1 unspecified atom stereocenters. The van der Waals surface area contributed by atoms with E-state index < -0.39 is 0 Å². The van der Waals surface area contributed by atoms with Crippen molar-refractivity contribution < 1.29 is 4.79 Å². The number of aryl methyl sites for hydroxylation is 3. The van der Waals surface area contributed by atoms with E-state index in [4.69, 9.17) is 4.98 Å². The lowest BCUT2D eigenvalue weighted by atomic mass is 10.1. The Morgan fingerprint density at radius 1 is 1.03 bits per heavy atom. The molecule has 1 atom stereocenters. The molecule has 0 saturated carbocycles. The second-order valence-corrected chi connectivity index (χ2v) is 8.51. The molecule has 2 fully saturated rings. The number of aromatic nitrogens is 3. The summed E-state index contributed by atoms with van der Waals surface area (Å²) in [6.45, 7) is 11.3. The van der Waals surface area contributed by atoms with E-state index in [1.54, 1.807) is 0 Å². The van der Waals surface area contributed by atoms with E-state index in [-0.39, 0.29) is 11.9 Å². The van der Waals surface area contributed by atoms with Gasteiger partial charge in [-0.25, -0.2) is 0 Å². The highest BCUT2D eigenvalue weighted by Crippen LogP contribution is 2.33. The molecule has 2 aromatic heterocycles. The Bertz CT molecular complexity index is 883. The highest BCUT2D eigenvalue weighted by molar-refractivity contribution is 5.77. The average Bonchev–Trinajstić information content (AvgIpc) is 3.28. The molecule has 0 radical (unpaired) electrons. The number of likely N-dealkylation sites (tertiary alicyclic amines) is 1. The minimum Gasteiger partial charge on any atom is -0.369 e. The zero-order valence-electron chi connectivity index (χ0n) is 18.1. The quantitative estimate of drug-likeness (QED) is 0.794. The summed E-state index contributed by atoms with van der Waals surface area (Å²) in [6.07, 6.45) is 1.99. The maximum atomic E-state index is 13.1. The van der Waals surface area contributed by atoms with Crippen LogP contribution in [-0.2, 0) is 11.3 Å². The lowest BCUT2D eigenvalue weighted by Gasteiger charge is -2.34. The van der Waals surface area contributed by atoms with Crippen molar-refractivity contribution in [2.24, 2.45) is 0 Å². The minimum atomic E-state index is 0.0607. The van der Waals surface area contributed by atoms with Crippen molar-refractivity contribution in [1.29, 1.82) is 0 Å². The van der Waals surface area contributed by atoms with Crippen molar-refractivity contribution in [1.82, 2.24) is 24.6 Å². The third kappa shape index (κ3) is 4.29. The Hall–Kier alpha value is -2.41. The molecule has 7 nitrogen and oxygen atoms in total. The first-order valence-electron chi connectivity index (χ1n) is 10.6.